The molecule has 0 saturated carbocycles. The van der Waals surface area contributed by atoms with E-state index in [4.69, 9.17) is 0 Å². The van der Waals surface area contributed by atoms with Gasteiger partial charge in [-0.2, -0.15) is 0 Å². The second kappa shape index (κ2) is 4.48. The first-order valence-electron chi connectivity index (χ1n) is 5.99. The van der Waals surface area contributed by atoms with Gasteiger partial charge in [0, 0.05) is 5.56 Å². The molecule has 18 heavy (non-hydrogen) atoms. The predicted octanol–water partition coefficient (Wildman–Crippen LogP) is 3.68. The number of allylic oxidation sites excluding steroid dienone is 3. The Morgan fingerprint density at radius 2 is 1.50 bits per heavy atom. The highest BCUT2D eigenvalue weighted by atomic mass is 16.1. The van der Waals surface area contributed by atoms with Crippen molar-refractivity contribution >= 4 is 11.5 Å². The van der Waals surface area contributed by atoms with Crippen LogP contribution in [0.3, 0.4) is 0 Å². The monoisotopic (exact) mass is 232 g/mol. The van der Waals surface area contributed by atoms with Gasteiger partial charge in [-0.1, -0.05) is 54.6 Å². The van der Waals surface area contributed by atoms with Crippen LogP contribution in [0.25, 0.3) is 16.7 Å². The molecule has 1 aliphatic carbocycles. The summed E-state index contributed by atoms with van der Waals surface area (Å²) in [5.74, 6) is 2.04. The molecule has 0 aliphatic heterocycles. The number of carbonyl (C=O) groups excluding carboxylic acids is 1. The van der Waals surface area contributed by atoms with Crippen molar-refractivity contribution in [2.75, 3.05) is 0 Å². The van der Waals surface area contributed by atoms with E-state index in [1.165, 1.54) is 11.1 Å². The predicted molar refractivity (Wildman–Crippen MR) is 73.8 cm³/mol. The second-order valence-corrected chi connectivity index (χ2v) is 4.32. The quantitative estimate of drug-likeness (QED) is 0.633. The molecule has 0 bridgehead atoms. The maximum Gasteiger partial charge on any atom is 0.133 e. The Balaban J connectivity index is 2.36. The normalized spacial score (nSPS) is 14.8. The zero-order chi connectivity index (χ0) is 12.4. The topological polar surface area (TPSA) is 17.1 Å². The van der Waals surface area contributed by atoms with Crippen LogP contribution in [0.4, 0.5) is 0 Å². The number of hydrogen-bond donors (Lipinski definition) is 0. The summed E-state index contributed by atoms with van der Waals surface area (Å²) in [6.45, 7) is 0. The third kappa shape index (κ3) is 1.71. The van der Waals surface area contributed by atoms with Crippen LogP contribution < -0.4 is 0 Å². The fraction of sp³-hybridized carbons (Fsp3) is 0.0588. The molecule has 0 spiro atoms. The molecule has 3 rings (SSSR count). The first-order valence-corrected chi connectivity index (χ1v) is 5.99. The fourth-order valence-corrected chi connectivity index (χ4v) is 2.40. The van der Waals surface area contributed by atoms with Gasteiger partial charge >= 0.3 is 0 Å². The van der Waals surface area contributed by atoms with Crippen molar-refractivity contribution in [3.05, 3.63) is 71.8 Å². The molecule has 0 saturated heterocycles. The number of fused-ring (bicyclic) bond motifs is 3. The van der Waals surface area contributed by atoms with Gasteiger partial charge in [0.15, 0.2) is 0 Å². The van der Waals surface area contributed by atoms with Gasteiger partial charge in [0.2, 0.25) is 0 Å². The highest BCUT2D eigenvalue weighted by Crippen LogP contribution is 2.32. The van der Waals surface area contributed by atoms with E-state index in [2.05, 4.69) is 18.2 Å². The summed E-state index contributed by atoms with van der Waals surface area (Å²) >= 11 is 0. The summed E-state index contributed by atoms with van der Waals surface area (Å²) in [6.07, 6.45) is 4.73. The molecule has 1 heteroatoms. The molecule has 1 aliphatic rings. The first kappa shape index (κ1) is 10.8. The van der Waals surface area contributed by atoms with Crippen LogP contribution >= 0.6 is 0 Å². The minimum absolute atomic E-state index is 0.625. The second-order valence-electron chi connectivity index (χ2n) is 4.32. The molecule has 0 unspecified atom stereocenters. The van der Waals surface area contributed by atoms with Gasteiger partial charge in [0.25, 0.3) is 0 Å². The smallest absolute Gasteiger partial charge is 0.133 e. The Kier molecular flexibility index (Phi) is 2.68. The molecule has 0 N–H and O–H groups in total. The molecule has 1 nitrogen and oxygen atoms in total. The van der Waals surface area contributed by atoms with Gasteiger partial charge < -0.3 is 0 Å². The van der Waals surface area contributed by atoms with E-state index in [1.54, 1.807) is 0 Å². The third-order valence-corrected chi connectivity index (χ3v) is 3.26. The average molecular weight is 232 g/mol. The molecule has 0 aromatic heterocycles. The summed E-state index contributed by atoms with van der Waals surface area (Å²) in [4.78, 5) is 11.1. The number of benzene rings is 2. The Morgan fingerprint density at radius 3 is 2.28 bits per heavy atom. The van der Waals surface area contributed by atoms with Crippen molar-refractivity contribution in [3.8, 4) is 11.1 Å². The average Bonchev–Trinajstić information content (AvgIpc) is 2.42. The summed E-state index contributed by atoms with van der Waals surface area (Å²) in [5, 5.41) is 0. The molecular weight excluding hydrogens is 220 g/mol. The van der Waals surface area contributed by atoms with Gasteiger partial charge in [0.05, 0.1) is 5.57 Å². The van der Waals surface area contributed by atoms with E-state index < -0.39 is 0 Å². The van der Waals surface area contributed by atoms with Crippen LogP contribution in [0, 0.1) is 0 Å². The van der Waals surface area contributed by atoms with Crippen LogP contribution in [0.15, 0.2) is 60.7 Å². The standard InChI is InChI=1S/C17H12O/c18-12-14-8-5-7-13-6-1-2-9-15(13)17-11-4-3-10-16(14)17/h1-6,8-11H,7H2/b8-5-. The van der Waals surface area contributed by atoms with E-state index in [9.17, 15) is 4.79 Å². The Hall–Kier alpha value is -2.37. The lowest BCUT2D eigenvalue weighted by Gasteiger charge is -2.14. The summed E-state index contributed by atoms with van der Waals surface area (Å²) in [5.41, 5.74) is 5.17. The maximum absolute atomic E-state index is 11.1. The SMILES string of the molecule is O=C=C1/C=C\Cc2ccccc2-c2ccccc21. The summed E-state index contributed by atoms with van der Waals surface area (Å²) < 4.78 is 0. The van der Waals surface area contributed by atoms with Crippen LogP contribution in [0.5, 0.6) is 0 Å². The van der Waals surface area contributed by atoms with E-state index in [-0.39, 0.29) is 0 Å². The Bertz CT molecular complexity index is 674. The van der Waals surface area contributed by atoms with Gasteiger partial charge in [-0.15, -0.1) is 0 Å². The number of hydrogen-bond acceptors (Lipinski definition) is 1. The van der Waals surface area contributed by atoms with Crippen molar-refractivity contribution in [1.29, 1.82) is 0 Å². The van der Waals surface area contributed by atoms with Crippen molar-refractivity contribution in [1.82, 2.24) is 0 Å². The molecule has 2 aromatic carbocycles. The summed E-state index contributed by atoms with van der Waals surface area (Å²) in [6, 6.07) is 16.3. The maximum atomic E-state index is 11.1. The first-order chi connectivity index (χ1) is 8.90. The van der Waals surface area contributed by atoms with Crippen molar-refractivity contribution in [2.24, 2.45) is 0 Å². The molecular formula is C17H12O. The highest BCUT2D eigenvalue weighted by Gasteiger charge is 2.12. The van der Waals surface area contributed by atoms with Crippen LogP contribution in [0.1, 0.15) is 11.1 Å². The molecule has 86 valence electrons. The molecule has 0 atom stereocenters. The Morgan fingerprint density at radius 1 is 0.833 bits per heavy atom. The zero-order valence-corrected chi connectivity index (χ0v) is 9.89. The zero-order valence-electron chi connectivity index (χ0n) is 9.89. The number of rotatable bonds is 0. The lowest BCUT2D eigenvalue weighted by molar-refractivity contribution is 0.569. The molecule has 0 radical (unpaired) electrons. The molecule has 0 amide bonds. The van der Waals surface area contributed by atoms with Gasteiger partial charge in [-0.05, 0) is 29.2 Å². The van der Waals surface area contributed by atoms with Crippen molar-refractivity contribution in [2.45, 2.75) is 6.42 Å². The Labute approximate surface area is 106 Å². The van der Waals surface area contributed by atoms with Crippen LogP contribution in [-0.4, -0.2) is 5.94 Å². The fourth-order valence-electron chi connectivity index (χ4n) is 2.40. The van der Waals surface area contributed by atoms with E-state index in [0.29, 0.717) is 5.57 Å². The van der Waals surface area contributed by atoms with E-state index >= 15 is 0 Å². The van der Waals surface area contributed by atoms with Gasteiger partial charge in [0.1, 0.15) is 5.94 Å². The lowest BCUT2D eigenvalue weighted by Crippen LogP contribution is -1.95. The third-order valence-electron chi connectivity index (χ3n) is 3.26. The van der Waals surface area contributed by atoms with Gasteiger partial charge in [-0.25, -0.2) is 4.79 Å². The molecule has 2 aromatic rings. The van der Waals surface area contributed by atoms with Crippen molar-refractivity contribution in [3.63, 3.8) is 0 Å². The molecule has 0 fully saturated rings. The van der Waals surface area contributed by atoms with Crippen LogP contribution in [0.2, 0.25) is 0 Å². The lowest BCUT2D eigenvalue weighted by atomic mass is 9.89. The summed E-state index contributed by atoms with van der Waals surface area (Å²) in [7, 11) is 0. The van der Waals surface area contributed by atoms with Crippen molar-refractivity contribution < 1.29 is 4.79 Å². The van der Waals surface area contributed by atoms with E-state index in [1.807, 2.05) is 48.4 Å². The minimum Gasteiger partial charge on any atom is -0.233 e. The van der Waals surface area contributed by atoms with Gasteiger partial charge in [-0.3, -0.25) is 0 Å². The minimum atomic E-state index is 0.625. The van der Waals surface area contributed by atoms with Crippen LogP contribution in [-0.2, 0) is 11.2 Å². The largest absolute Gasteiger partial charge is 0.233 e. The molecule has 0 heterocycles. The highest BCUT2D eigenvalue weighted by molar-refractivity contribution is 5.99. The van der Waals surface area contributed by atoms with E-state index in [0.717, 1.165) is 17.5 Å².